The van der Waals surface area contributed by atoms with Crippen LogP contribution in [-0.4, -0.2) is 29.6 Å². The average molecular weight is 440 g/mol. The zero-order chi connectivity index (χ0) is 22.1. The van der Waals surface area contributed by atoms with Crippen molar-refractivity contribution < 1.29 is 14.3 Å². The minimum absolute atomic E-state index is 0.0871. The molecule has 0 radical (unpaired) electrons. The largest absolute Gasteiger partial charge is 0.494 e. The van der Waals surface area contributed by atoms with Crippen LogP contribution in [0, 0.1) is 0 Å². The van der Waals surface area contributed by atoms with Crippen molar-refractivity contribution >= 4 is 34.8 Å². The van der Waals surface area contributed by atoms with Crippen LogP contribution in [0.4, 0.5) is 5.69 Å². The summed E-state index contributed by atoms with van der Waals surface area (Å²) in [4.78, 5) is 25.0. The maximum Gasteiger partial charge on any atom is 0.257 e. The van der Waals surface area contributed by atoms with Crippen molar-refractivity contribution in [3.05, 3.63) is 59.7 Å². The Morgan fingerprint density at radius 3 is 2.45 bits per heavy atom. The predicted octanol–water partition coefficient (Wildman–Crippen LogP) is 4.66. The molecule has 1 saturated carbocycles. The quantitative estimate of drug-likeness (QED) is 0.547. The van der Waals surface area contributed by atoms with Gasteiger partial charge in [-0.25, -0.2) is 0 Å². The molecular formula is C24H29N3O3S. The molecule has 3 rings (SSSR count). The number of thiocarbonyl (C=S) groups is 1. The Kier molecular flexibility index (Phi) is 8.41. The third kappa shape index (κ3) is 7.07. The van der Waals surface area contributed by atoms with Gasteiger partial charge in [-0.2, -0.15) is 0 Å². The summed E-state index contributed by atoms with van der Waals surface area (Å²) in [7, 11) is 0. The van der Waals surface area contributed by atoms with E-state index in [2.05, 4.69) is 16.0 Å². The summed E-state index contributed by atoms with van der Waals surface area (Å²) in [5.74, 6) is 0.323. The van der Waals surface area contributed by atoms with Crippen LogP contribution in [0.2, 0.25) is 0 Å². The molecule has 164 valence electrons. The van der Waals surface area contributed by atoms with Gasteiger partial charge in [0.1, 0.15) is 5.75 Å². The number of benzene rings is 2. The Balaban J connectivity index is 1.53. The molecule has 1 aliphatic rings. The maximum atomic E-state index is 12.6. The molecule has 31 heavy (non-hydrogen) atoms. The molecule has 0 heterocycles. The second-order valence-corrected chi connectivity index (χ2v) is 8.08. The molecular weight excluding hydrogens is 410 g/mol. The first-order valence-electron chi connectivity index (χ1n) is 10.8. The number of amides is 2. The lowest BCUT2D eigenvalue weighted by Gasteiger charge is -2.22. The molecule has 0 spiro atoms. The van der Waals surface area contributed by atoms with E-state index in [4.69, 9.17) is 17.0 Å². The van der Waals surface area contributed by atoms with Crippen molar-refractivity contribution in [3.8, 4) is 5.75 Å². The Bertz CT molecular complexity index is 909. The SMILES string of the molecule is CCCOc1ccc(C(=O)NC(=S)Nc2cccc(C(=O)NC3CCCCC3)c2)cc1. The van der Waals surface area contributed by atoms with Crippen LogP contribution < -0.4 is 20.7 Å². The molecule has 0 aliphatic heterocycles. The topological polar surface area (TPSA) is 79.5 Å². The highest BCUT2D eigenvalue weighted by molar-refractivity contribution is 7.80. The summed E-state index contributed by atoms with van der Waals surface area (Å²) in [5, 5.41) is 8.91. The molecule has 0 atom stereocenters. The van der Waals surface area contributed by atoms with Gasteiger partial charge in [-0.3, -0.25) is 14.9 Å². The van der Waals surface area contributed by atoms with E-state index in [9.17, 15) is 9.59 Å². The first-order chi connectivity index (χ1) is 15.0. The molecule has 6 nitrogen and oxygen atoms in total. The van der Waals surface area contributed by atoms with Crippen molar-refractivity contribution in [3.63, 3.8) is 0 Å². The van der Waals surface area contributed by atoms with Gasteiger partial charge in [0.05, 0.1) is 6.61 Å². The molecule has 2 aromatic rings. The van der Waals surface area contributed by atoms with Crippen molar-refractivity contribution in [1.29, 1.82) is 0 Å². The Morgan fingerprint density at radius 2 is 1.74 bits per heavy atom. The average Bonchev–Trinajstić information content (AvgIpc) is 2.78. The predicted molar refractivity (Wildman–Crippen MR) is 127 cm³/mol. The molecule has 0 bridgehead atoms. The van der Waals surface area contributed by atoms with Gasteiger partial charge >= 0.3 is 0 Å². The van der Waals surface area contributed by atoms with E-state index in [1.165, 1.54) is 6.42 Å². The van der Waals surface area contributed by atoms with Crippen molar-refractivity contribution in [2.45, 2.75) is 51.5 Å². The lowest BCUT2D eigenvalue weighted by atomic mass is 9.95. The molecule has 0 aromatic heterocycles. The number of carbonyl (C=O) groups excluding carboxylic acids is 2. The van der Waals surface area contributed by atoms with Gasteiger partial charge in [-0.15, -0.1) is 0 Å². The molecule has 3 N–H and O–H groups in total. The highest BCUT2D eigenvalue weighted by Crippen LogP contribution is 2.18. The van der Waals surface area contributed by atoms with Crippen LogP contribution >= 0.6 is 12.2 Å². The van der Waals surface area contributed by atoms with Gasteiger partial charge in [0.15, 0.2) is 5.11 Å². The standard InChI is InChI=1S/C24H29N3O3S/c1-2-15-30-21-13-11-17(12-14-21)22(28)27-24(31)26-20-10-6-7-18(16-20)23(29)25-19-8-4-3-5-9-19/h6-7,10-14,16,19H,2-5,8-9,15H2,1H3,(H,25,29)(H2,26,27,28,31). The fraction of sp³-hybridized carbons (Fsp3) is 0.375. The lowest BCUT2D eigenvalue weighted by molar-refractivity contribution is 0.0926. The summed E-state index contributed by atoms with van der Waals surface area (Å²) < 4.78 is 5.53. The molecule has 1 fully saturated rings. The normalized spacial score (nSPS) is 13.8. The molecule has 0 unspecified atom stereocenters. The van der Waals surface area contributed by atoms with E-state index in [1.807, 2.05) is 6.92 Å². The van der Waals surface area contributed by atoms with Gasteiger partial charge in [-0.1, -0.05) is 32.3 Å². The van der Waals surface area contributed by atoms with E-state index in [0.717, 1.165) is 37.9 Å². The minimum atomic E-state index is -0.314. The molecule has 1 aliphatic carbocycles. The van der Waals surface area contributed by atoms with E-state index in [1.54, 1.807) is 48.5 Å². The number of hydrogen-bond acceptors (Lipinski definition) is 4. The van der Waals surface area contributed by atoms with Gasteiger partial charge in [0.2, 0.25) is 0 Å². The van der Waals surface area contributed by atoms with E-state index < -0.39 is 0 Å². The smallest absolute Gasteiger partial charge is 0.257 e. The Labute approximate surface area is 188 Å². The summed E-state index contributed by atoms with van der Waals surface area (Å²) in [6, 6.07) is 14.2. The minimum Gasteiger partial charge on any atom is -0.494 e. The van der Waals surface area contributed by atoms with E-state index in [0.29, 0.717) is 23.4 Å². The summed E-state index contributed by atoms with van der Waals surface area (Å²) in [6.45, 7) is 2.67. The molecule has 7 heteroatoms. The fourth-order valence-electron chi connectivity index (χ4n) is 3.51. The van der Waals surface area contributed by atoms with Crippen LogP contribution in [0.15, 0.2) is 48.5 Å². The fourth-order valence-corrected chi connectivity index (χ4v) is 3.72. The van der Waals surface area contributed by atoms with Crippen LogP contribution in [0.5, 0.6) is 5.75 Å². The Hall–Kier alpha value is -2.93. The number of carbonyl (C=O) groups is 2. The molecule has 2 aromatic carbocycles. The highest BCUT2D eigenvalue weighted by Gasteiger charge is 2.17. The first-order valence-corrected chi connectivity index (χ1v) is 11.2. The monoisotopic (exact) mass is 439 g/mol. The van der Waals surface area contributed by atoms with Crippen LogP contribution in [-0.2, 0) is 0 Å². The molecule has 0 saturated heterocycles. The maximum absolute atomic E-state index is 12.6. The first kappa shape index (κ1) is 22.7. The molecule has 2 amide bonds. The number of hydrogen-bond donors (Lipinski definition) is 3. The van der Waals surface area contributed by atoms with Crippen molar-refractivity contribution in [1.82, 2.24) is 10.6 Å². The van der Waals surface area contributed by atoms with Crippen LogP contribution in [0.1, 0.15) is 66.2 Å². The van der Waals surface area contributed by atoms with Crippen molar-refractivity contribution in [2.24, 2.45) is 0 Å². The zero-order valence-electron chi connectivity index (χ0n) is 17.8. The van der Waals surface area contributed by atoms with Crippen LogP contribution in [0.25, 0.3) is 0 Å². The van der Waals surface area contributed by atoms with E-state index >= 15 is 0 Å². The van der Waals surface area contributed by atoms with E-state index in [-0.39, 0.29) is 23.0 Å². The second kappa shape index (κ2) is 11.5. The number of rotatable bonds is 7. The number of anilines is 1. The zero-order valence-corrected chi connectivity index (χ0v) is 18.6. The summed E-state index contributed by atoms with van der Waals surface area (Å²) in [6.07, 6.45) is 6.55. The number of nitrogens with one attached hydrogen (secondary N) is 3. The summed E-state index contributed by atoms with van der Waals surface area (Å²) >= 11 is 5.27. The van der Waals surface area contributed by atoms with Crippen molar-refractivity contribution in [2.75, 3.05) is 11.9 Å². The third-order valence-electron chi connectivity index (χ3n) is 5.14. The summed E-state index contributed by atoms with van der Waals surface area (Å²) in [5.41, 5.74) is 1.69. The number of ether oxygens (including phenoxy) is 1. The Morgan fingerprint density at radius 1 is 1.00 bits per heavy atom. The lowest BCUT2D eigenvalue weighted by Crippen LogP contribution is -2.36. The highest BCUT2D eigenvalue weighted by atomic mass is 32.1. The third-order valence-corrected chi connectivity index (χ3v) is 5.34. The van der Waals surface area contributed by atoms with Gasteiger partial charge in [0, 0.05) is 22.9 Å². The van der Waals surface area contributed by atoms with Gasteiger partial charge < -0.3 is 15.4 Å². The second-order valence-electron chi connectivity index (χ2n) is 7.67. The van der Waals surface area contributed by atoms with Crippen LogP contribution in [0.3, 0.4) is 0 Å². The van der Waals surface area contributed by atoms with Gasteiger partial charge in [0.25, 0.3) is 11.8 Å². The van der Waals surface area contributed by atoms with Gasteiger partial charge in [-0.05, 0) is 73.9 Å².